The van der Waals surface area contributed by atoms with E-state index in [9.17, 15) is 4.79 Å². The number of hydrogen-bond donors (Lipinski definition) is 2. The van der Waals surface area contributed by atoms with Crippen molar-refractivity contribution in [2.75, 3.05) is 19.0 Å². The molecule has 1 aliphatic heterocycles. The number of carbonyl (C=O) groups is 1. The Morgan fingerprint density at radius 1 is 1.15 bits per heavy atom. The first-order chi connectivity index (χ1) is 16.2. The first kappa shape index (κ1) is 21.3. The van der Waals surface area contributed by atoms with E-state index in [0.717, 1.165) is 53.7 Å². The van der Waals surface area contributed by atoms with Gasteiger partial charge in [0.2, 0.25) is 5.88 Å². The van der Waals surface area contributed by atoms with Gasteiger partial charge in [0, 0.05) is 12.1 Å². The van der Waals surface area contributed by atoms with Crippen molar-refractivity contribution in [3.8, 4) is 11.6 Å². The molecule has 8 nitrogen and oxygen atoms in total. The van der Waals surface area contributed by atoms with Gasteiger partial charge in [-0.05, 0) is 43.2 Å². The van der Waals surface area contributed by atoms with Gasteiger partial charge in [-0.15, -0.1) is 0 Å². The molecule has 2 aliphatic rings. The third-order valence-corrected chi connectivity index (χ3v) is 6.49. The molecule has 1 aromatic carbocycles. The molecule has 1 aliphatic carbocycles. The molecule has 33 heavy (non-hydrogen) atoms. The summed E-state index contributed by atoms with van der Waals surface area (Å²) in [5.41, 5.74) is 3.41. The molecule has 1 atom stereocenters. The van der Waals surface area contributed by atoms with Crippen LogP contribution < -0.4 is 20.1 Å². The van der Waals surface area contributed by atoms with E-state index in [1.807, 2.05) is 42.5 Å². The average Bonchev–Trinajstić information content (AvgIpc) is 2.88. The van der Waals surface area contributed by atoms with E-state index in [2.05, 4.69) is 20.6 Å². The zero-order valence-electron chi connectivity index (χ0n) is 18.6. The Morgan fingerprint density at radius 3 is 2.76 bits per heavy atom. The number of rotatable bonds is 5. The van der Waals surface area contributed by atoms with E-state index < -0.39 is 0 Å². The molecule has 172 valence electrons. The van der Waals surface area contributed by atoms with Crippen LogP contribution in [-0.4, -0.2) is 41.9 Å². The molecule has 0 radical (unpaired) electrons. The van der Waals surface area contributed by atoms with Crippen LogP contribution in [0, 0.1) is 5.92 Å². The second-order valence-corrected chi connectivity index (χ2v) is 8.60. The number of pyridine rings is 2. The highest BCUT2D eigenvalue weighted by atomic mass is 16.5. The predicted molar refractivity (Wildman–Crippen MR) is 125 cm³/mol. The molecule has 0 bridgehead atoms. The van der Waals surface area contributed by atoms with E-state index in [4.69, 9.17) is 14.2 Å². The minimum atomic E-state index is -0.352. The Hall–Kier alpha value is -3.55. The number of anilines is 1. The number of methoxy groups -OCH3 is 1. The Balaban J connectivity index is 1.16. The fourth-order valence-electron chi connectivity index (χ4n) is 4.65. The van der Waals surface area contributed by atoms with Crippen LogP contribution in [0.3, 0.4) is 0 Å². The summed E-state index contributed by atoms with van der Waals surface area (Å²) in [6.45, 7) is 0.873. The van der Waals surface area contributed by atoms with Crippen molar-refractivity contribution in [2.24, 2.45) is 5.92 Å². The highest BCUT2D eigenvalue weighted by Crippen LogP contribution is 2.38. The normalized spacial score (nSPS) is 21.9. The van der Waals surface area contributed by atoms with Crippen molar-refractivity contribution in [1.29, 1.82) is 0 Å². The number of ether oxygens (including phenoxy) is 3. The molecule has 0 spiro atoms. The molecule has 1 amide bonds. The smallest absolute Gasteiger partial charge is 0.407 e. The summed E-state index contributed by atoms with van der Waals surface area (Å²) in [4.78, 5) is 21.2. The topological polar surface area (TPSA) is 94.6 Å². The molecular weight excluding hydrogens is 420 g/mol. The zero-order chi connectivity index (χ0) is 22.6. The van der Waals surface area contributed by atoms with Crippen LogP contribution in [0.1, 0.15) is 31.2 Å². The maximum atomic E-state index is 12.2. The molecule has 2 aromatic heterocycles. The van der Waals surface area contributed by atoms with Crippen molar-refractivity contribution in [3.63, 3.8) is 0 Å². The number of benzene rings is 1. The van der Waals surface area contributed by atoms with Crippen LogP contribution in [-0.2, 0) is 11.3 Å². The largest absolute Gasteiger partial charge is 0.488 e. The van der Waals surface area contributed by atoms with Gasteiger partial charge in [0.15, 0.2) is 5.75 Å². The Morgan fingerprint density at radius 2 is 1.97 bits per heavy atom. The predicted octanol–water partition coefficient (Wildman–Crippen LogP) is 4.30. The molecule has 1 unspecified atom stereocenters. The van der Waals surface area contributed by atoms with Gasteiger partial charge in [-0.3, -0.25) is 4.98 Å². The van der Waals surface area contributed by atoms with Gasteiger partial charge in [-0.25, -0.2) is 9.78 Å². The number of nitrogens with one attached hydrogen (secondary N) is 2. The van der Waals surface area contributed by atoms with Crippen LogP contribution in [0.4, 0.5) is 10.5 Å². The van der Waals surface area contributed by atoms with Crippen LogP contribution in [0.25, 0.3) is 11.0 Å². The molecule has 8 heteroatoms. The van der Waals surface area contributed by atoms with Crippen LogP contribution in [0.15, 0.2) is 48.7 Å². The molecule has 0 saturated heterocycles. The summed E-state index contributed by atoms with van der Waals surface area (Å²) in [6.07, 6.45) is 5.23. The number of amides is 1. The average molecular weight is 449 g/mol. The molecule has 3 aromatic rings. The lowest BCUT2D eigenvalue weighted by atomic mass is 9.81. The summed E-state index contributed by atoms with van der Waals surface area (Å²) >= 11 is 0. The van der Waals surface area contributed by atoms with Gasteiger partial charge < -0.3 is 24.8 Å². The maximum Gasteiger partial charge on any atom is 0.407 e. The number of alkyl carbamates (subject to hydrolysis) is 1. The molecule has 1 saturated carbocycles. The second-order valence-electron chi connectivity index (χ2n) is 8.60. The van der Waals surface area contributed by atoms with Crippen LogP contribution in [0.2, 0.25) is 0 Å². The number of nitrogens with zero attached hydrogens (tertiary/aromatic N) is 2. The third kappa shape index (κ3) is 4.79. The van der Waals surface area contributed by atoms with Crippen LogP contribution >= 0.6 is 0 Å². The van der Waals surface area contributed by atoms with E-state index in [1.54, 1.807) is 13.3 Å². The van der Waals surface area contributed by atoms with Crippen molar-refractivity contribution >= 4 is 22.8 Å². The van der Waals surface area contributed by atoms with Crippen molar-refractivity contribution in [3.05, 3.63) is 54.2 Å². The van der Waals surface area contributed by atoms with Crippen molar-refractivity contribution in [2.45, 2.75) is 44.4 Å². The van der Waals surface area contributed by atoms with E-state index in [-0.39, 0.29) is 24.8 Å². The van der Waals surface area contributed by atoms with E-state index in [1.165, 1.54) is 0 Å². The Labute approximate surface area is 192 Å². The van der Waals surface area contributed by atoms with Gasteiger partial charge >= 0.3 is 6.09 Å². The summed E-state index contributed by atoms with van der Waals surface area (Å²) in [6, 6.07) is 13.7. The molecule has 2 N–H and O–H groups in total. The van der Waals surface area contributed by atoms with Crippen molar-refractivity contribution < 1.29 is 19.0 Å². The Kier molecular flexibility index (Phi) is 6.15. The number of hydrogen-bond acceptors (Lipinski definition) is 7. The second kappa shape index (κ2) is 9.52. The van der Waals surface area contributed by atoms with Gasteiger partial charge in [0.05, 0.1) is 24.9 Å². The summed E-state index contributed by atoms with van der Waals surface area (Å²) < 4.78 is 16.7. The maximum absolute atomic E-state index is 12.2. The first-order valence-electron chi connectivity index (χ1n) is 11.4. The van der Waals surface area contributed by atoms with E-state index in [0.29, 0.717) is 18.4 Å². The summed E-state index contributed by atoms with van der Waals surface area (Å²) in [7, 11) is 1.60. The number of aromatic nitrogens is 2. The number of carbonyl (C=O) groups excluding carboxylic acids is 1. The fraction of sp³-hybridized carbons (Fsp3) is 0.400. The third-order valence-electron chi connectivity index (χ3n) is 6.49. The standard InChI is InChI=1S/C25H28N4O4/c1-31-22-12-11-19-23(29-22)24-21(13-26-19)32-15-20(28-24)17-7-9-18(10-8-17)27-25(30)33-14-16-5-3-2-4-6-16/h2-6,11-13,17-18,20,28H,7-10,14-15H2,1H3,(H,27,30)/t17-,18-,20?. The lowest BCUT2D eigenvalue weighted by Gasteiger charge is -2.37. The highest BCUT2D eigenvalue weighted by molar-refractivity contribution is 5.91. The monoisotopic (exact) mass is 448 g/mol. The first-order valence-corrected chi connectivity index (χ1v) is 11.4. The molecule has 5 rings (SSSR count). The minimum Gasteiger partial charge on any atom is -0.488 e. The summed E-state index contributed by atoms with van der Waals surface area (Å²) in [5.74, 6) is 1.72. The quantitative estimate of drug-likeness (QED) is 0.601. The lowest BCUT2D eigenvalue weighted by molar-refractivity contribution is 0.129. The number of fused-ring (bicyclic) bond motifs is 3. The minimum absolute atomic E-state index is 0.136. The van der Waals surface area contributed by atoms with Gasteiger partial charge in [0.25, 0.3) is 0 Å². The lowest BCUT2D eigenvalue weighted by Crippen LogP contribution is -2.44. The van der Waals surface area contributed by atoms with E-state index >= 15 is 0 Å². The van der Waals surface area contributed by atoms with Crippen LogP contribution in [0.5, 0.6) is 11.6 Å². The SMILES string of the molecule is COc1ccc2ncc3c(c2n1)NC([C@H]1CC[C@H](NC(=O)OCc2ccccc2)CC1)CO3. The summed E-state index contributed by atoms with van der Waals surface area (Å²) in [5, 5.41) is 6.68. The molecule has 1 fully saturated rings. The van der Waals surface area contributed by atoms with Gasteiger partial charge in [-0.1, -0.05) is 30.3 Å². The Bertz CT molecular complexity index is 1110. The van der Waals surface area contributed by atoms with Gasteiger partial charge in [-0.2, -0.15) is 0 Å². The highest BCUT2D eigenvalue weighted by Gasteiger charge is 2.32. The fourth-order valence-corrected chi connectivity index (χ4v) is 4.65. The zero-order valence-corrected chi connectivity index (χ0v) is 18.6. The molecular formula is C25H28N4O4. The molecule has 3 heterocycles. The van der Waals surface area contributed by atoms with Crippen molar-refractivity contribution in [1.82, 2.24) is 15.3 Å². The van der Waals surface area contributed by atoms with Gasteiger partial charge in [0.1, 0.15) is 24.4 Å².